The zero-order chi connectivity index (χ0) is 36.9. The predicted octanol–water partition coefficient (Wildman–Crippen LogP) is 8.06. The van der Waals surface area contributed by atoms with Crippen molar-refractivity contribution in [3.05, 3.63) is 101 Å². The second-order valence-electron chi connectivity index (χ2n) is 17.4. The van der Waals surface area contributed by atoms with Crippen LogP contribution in [0.2, 0.25) is 0 Å². The van der Waals surface area contributed by atoms with Crippen LogP contribution in [0.3, 0.4) is 0 Å². The minimum Gasteiger partial charge on any atom is -0.393 e. The number of nitrogens with zero attached hydrogens (tertiary/aromatic N) is 1. The van der Waals surface area contributed by atoms with E-state index in [0.717, 1.165) is 55.2 Å². The predicted molar refractivity (Wildman–Crippen MR) is 207 cm³/mol. The van der Waals surface area contributed by atoms with Crippen molar-refractivity contribution in [3.63, 3.8) is 0 Å². The fourth-order valence-electron chi connectivity index (χ4n) is 12.4. The van der Waals surface area contributed by atoms with Crippen molar-refractivity contribution in [2.24, 2.45) is 33.5 Å². The molecule has 1 unspecified atom stereocenters. The largest absolute Gasteiger partial charge is 0.393 e. The van der Waals surface area contributed by atoms with Crippen molar-refractivity contribution in [2.45, 2.75) is 93.7 Å². The Morgan fingerprint density at radius 3 is 2.40 bits per heavy atom. The van der Waals surface area contributed by atoms with Gasteiger partial charge in [-0.05, 0) is 97.6 Å². The second kappa shape index (κ2) is 12.6. The minimum absolute atomic E-state index is 0.0121. The minimum atomic E-state index is -3.89. The van der Waals surface area contributed by atoms with Crippen LogP contribution in [-0.2, 0) is 14.8 Å². The van der Waals surface area contributed by atoms with Crippen molar-refractivity contribution in [3.8, 4) is 11.1 Å². The molecule has 1 aromatic heterocycles. The monoisotopic (exact) mass is 753 g/mol. The molecule has 0 amide bonds. The number of allylic oxidation sites excluding steroid dienone is 4. The molecule has 2 heterocycles. The topological polar surface area (TPSA) is 104 Å². The SMILES string of the molecule is C[C@]12CC[C@H]3[C@]4(C=C[C@@]5(C=C4C(=O)c4ccccc4-c4ccccc4)CC(O)CC[C@]35C)[C@@H]1CC[C@@]2(O)CN(C[C@H]1CCCO1)S(=O)(=O)c1cccs1. The number of aliphatic hydroxyl groups is 2. The number of hydrogen-bond donors (Lipinski definition) is 2. The van der Waals surface area contributed by atoms with Crippen LogP contribution in [0.4, 0.5) is 0 Å². The lowest BCUT2D eigenvalue weighted by Crippen LogP contribution is -2.67. The molecule has 4 fully saturated rings. The summed E-state index contributed by atoms with van der Waals surface area (Å²) in [5, 5.41) is 26.0. The zero-order valence-electron chi connectivity index (χ0n) is 30.7. The molecule has 1 aliphatic heterocycles. The lowest BCUT2D eigenvalue weighted by Gasteiger charge is -2.71. The number of sulfonamides is 1. The van der Waals surface area contributed by atoms with E-state index < -0.39 is 38.0 Å². The van der Waals surface area contributed by atoms with Gasteiger partial charge in [-0.2, -0.15) is 4.31 Å². The van der Waals surface area contributed by atoms with Gasteiger partial charge in [0, 0.05) is 47.1 Å². The van der Waals surface area contributed by atoms with Crippen LogP contribution in [0, 0.1) is 33.5 Å². The Morgan fingerprint density at radius 2 is 1.64 bits per heavy atom. The van der Waals surface area contributed by atoms with Crippen molar-refractivity contribution in [1.82, 2.24) is 4.31 Å². The van der Waals surface area contributed by atoms with E-state index in [1.807, 2.05) is 54.6 Å². The van der Waals surface area contributed by atoms with E-state index in [9.17, 15) is 18.6 Å². The molecule has 280 valence electrons. The molecule has 3 aromatic rings. The number of fused-ring (bicyclic) bond motifs is 1. The third-order valence-corrected chi connectivity index (χ3v) is 18.4. The van der Waals surface area contributed by atoms with E-state index in [0.29, 0.717) is 31.4 Å². The number of carbonyl (C=O) groups is 1. The number of ether oxygens (including phenoxy) is 1. The van der Waals surface area contributed by atoms with E-state index in [4.69, 9.17) is 4.74 Å². The van der Waals surface area contributed by atoms with Gasteiger partial charge in [-0.1, -0.05) is 92.7 Å². The number of rotatable bonds is 9. The molecular weight excluding hydrogens is 703 g/mol. The molecule has 2 N–H and O–H groups in total. The molecule has 53 heavy (non-hydrogen) atoms. The van der Waals surface area contributed by atoms with Crippen molar-refractivity contribution in [1.29, 1.82) is 0 Å². The summed E-state index contributed by atoms with van der Waals surface area (Å²) in [7, 11) is -3.89. The number of hydrogen-bond acceptors (Lipinski definition) is 7. The highest BCUT2D eigenvalue weighted by molar-refractivity contribution is 7.91. The maximum Gasteiger partial charge on any atom is 0.252 e. The van der Waals surface area contributed by atoms with Crippen LogP contribution in [0.1, 0.15) is 82.0 Å². The summed E-state index contributed by atoms with van der Waals surface area (Å²) in [6.07, 6.45) is 12.8. The average molecular weight is 754 g/mol. The molecule has 10 rings (SSSR count). The molecule has 9 heteroatoms. The highest BCUT2D eigenvalue weighted by Gasteiger charge is 2.74. The molecule has 3 saturated carbocycles. The van der Waals surface area contributed by atoms with Crippen molar-refractivity contribution in [2.75, 3.05) is 19.7 Å². The smallest absolute Gasteiger partial charge is 0.252 e. The summed E-state index contributed by atoms with van der Waals surface area (Å²) in [4.78, 5) is 15.5. The van der Waals surface area contributed by atoms with Gasteiger partial charge < -0.3 is 14.9 Å². The first-order valence-corrected chi connectivity index (χ1v) is 21.9. The maximum atomic E-state index is 15.5. The molecule has 2 aromatic carbocycles. The van der Waals surface area contributed by atoms with Gasteiger partial charge in [-0.25, -0.2) is 8.42 Å². The maximum absolute atomic E-state index is 15.5. The van der Waals surface area contributed by atoms with Gasteiger partial charge in [0.1, 0.15) is 4.21 Å². The number of carbonyl (C=O) groups excluding carboxylic acids is 1. The number of aliphatic hydroxyl groups excluding tert-OH is 1. The summed E-state index contributed by atoms with van der Waals surface area (Å²) in [6, 6.07) is 21.4. The summed E-state index contributed by atoms with van der Waals surface area (Å²) in [5.74, 6) is 0.0592. The Bertz CT molecular complexity index is 2070. The number of ketones is 1. The van der Waals surface area contributed by atoms with E-state index >= 15 is 4.79 Å². The van der Waals surface area contributed by atoms with E-state index in [1.54, 1.807) is 17.5 Å². The molecule has 0 radical (unpaired) electrons. The summed E-state index contributed by atoms with van der Waals surface area (Å²) < 4.78 is 36.3. The first-order chi connectivity index (χ1) is 25.4. The van der Waals surface area contributed by atoms with Gasteiger partial charge in [-0.3, -0.25) is 4.79 Å². The summed E-state index contributed by atoms with van der Waals surface area (Å²) in [5.41, 5.74) is 0.0874. The van der Waals surface area contributed by atoms with E-state index in [2.05, 4.69) is 32.1 Å². The van der Waals surface area contributed by atoms with Gasteiger partial charge in [-0.15, -0.1) is 11.3 Å². The quantitative estimate of drug-likeness (QED) is 0.169. The third kappa shape index (κ3) is 5.10. The van der Waals surface area contributed by atoms with Gasteiger partial charge in [0.25, 0.3) is 10.0 Å². The summed E-state index contributed by atoms with van der Waals surface area (Å²) in [6.45, 7) is 5.38. The molecule has 2 spiro atoms. The Kier molecular flexibility index (Phi) is 8.47. The Balaban J connectivity index is 1.16. The fraction of sp³-hybridized carbons (Fsp3) is 0.523. The van der Waals surface area contributed by atoms with E-state index in [1.165, 1.54) is 15.6 Å². The molecule has 6 aliphatic carbocycles. The molecule has 7 nitrogen and oxygen atoms in total. The molecule has 7 aliphatic rings. The standard InChI is InChI=1S/C44H51NO6S2/c1-40-19-16-31(46)26-42(40)22-23-44(35(27-42)39(47)34-14-7-6-13-33(34)30-10-4-3-5-11-30)36(40)17-20-41(2)37(44)18-21-43(41,48)29-45(28-32-12-8-24-51-32)53(49,50)38-15-9-25-52-38/h3-7,9-11,13-15,22-23,25,27,31-32,36-37,46,48H,8,12,16-21,24,26,28-29H2,1-2H3/t31?,32-,36-,37-,40-,41+,42+,43-,44-/m1/s1. The Morgan fingerprint density at radius 1 is 0.906 bits per heavy atom. The normalized spacial score (nSPS) is 38.7. The average Bonchev–Trinajstić information content (AvgIpc) is 3.94. The van der Waals surface area contributed by atoms with Gasteiger partial charge >= 0.3 is 0 Å². The molecule has 1 saturated heterocycles. The highest BCUT2D eigenvalue weighted by atomic mass is 32.2. The van der Waals surface area contributed by atoms with Crippen LogP contribution in [0.5, 0.6) is 0 Å². The molecular formula is C44H51NO6S2. The summed E-state index contributed by atoms with van der Waals surface area (Å²) >= 11 is 1.20. The van der Waals surface area contributed by atoms with Crippen molar-refractivity contribution < 1.29 is 28.2 Å². The Labute approximate surface area is 317 Å². The highest BCUT2D eigenvalue weighted by Crippen LogP contribution is 2.78. The number of Topliss-reactive ketones (excluding diaryl/α,β-unsaturated/α-hetero) is 1. The zero-order valence-corrected chi connectivity index (χ0v) is 32.4. The van der Waals surface area contributed by atoms with Crippen LogP contribution in [-0.4, -0.2) is 66.2 Å². The first kappa shape index (κ1) is 35.8. The number of benzene rings is 2. The lowest BCUT2D eigenvalue weighted by molar-refractivity contribution is -0.174. The van der Waals surface area contributed by atoms with Crippen LogP contribution < -0.4 is 0 Å². The van der Waals surface area contributed by atoms with Crippen LogP contribution >= 0.6 is 11.3 Å². The molecule has 2 bridgehead atoms. The van der Waals surface area contributed by atoms with Crippen LogP contribution in [0.15, 0.2) is 100 Å². The van der Waals surface area contributed by atoms with Gasteiger partial charge in [0.2, 0.25) is 0 Å². The van der Waals surface area contributed by atoms with Gasteiger partial charge in [0.15, 0.2) is 5.78 Å². The second-order valence-corrected chi connectivity index (χ2v) is 20.5. The van der Waals surface area contributed by atoms with E-state index in [-0.39, 0.29) is 46.4 Å². The first-order valence-electron chi connectivity index (χ1n) is 19.6. The van der Waals surface area contributed by atoms with Crippen molar-refractivity contribution >= 4 is 27.1 Å². The van der Waals surface area contributed by atoms with Gasteiger partial charge in [0.05, 0.1) is 17.8 Å². The van der Waals surface area contributed by atoms with Crippen LogP contribution in [0.25, 0.3) is 11.1 Å². The Hall–Kier alpha value is -2.92. The third-order valence-electron chi connectivity index (χ3n) is 15.2. The molecule has 9 atom stereocenters. The fourth-order valence-corrected chi connectivity index (χ4v) is 15.1. The number of thiophene rings is 1. The lowest BCUT2D eigenvalue weighted by atomic mass is 9.32.